The Morgan fingerprint density at radius 3 is 2.19 bits per heavy atom. The van der Waals surface area contributed by atoms with Crippen molar-refractivity contribution in [1.82, 2.24) is 10.3 Å². The summed E-state index contributed by atoms with van der Waals surface area (Å²) in [5, 5.41) is 4.90. The van der Waals surface area contributed by atoms with Gasteiger partial charge < -0.3 is 5.32 Å². The topological polar surface area (TPSA) is 24.9 Å². The Morgan fingerprint density at radius 2 is 1.81 bits per heavy atom. The summed E-state index contributed by atoms with van der Waals surface area (Å²) in [6.45, 7) is 13.1. The molecule has 0 saturated carbocycles. The second kappa shape index (κ2) is 5.28. The third-order valence-corrected chi connectivity index (χ3v) is 4.51. The molecule has 0 unspecified atom stereocenters. The van der Waals surface area contributed by atoms with Gasteiger partial charge >= 0.3 is 0 Å². The molecule has 0 spiro atoms. The average molecular weight is 240 g/mol. The molecule has 0 saturated heterocycles. The Kier molecular flexibility index (Phi) is 4.51. The maximum Gasteiger partial charge on any atom is 0.113 e. The number of thiazole rings is 1. The Morgan fingerprint density at radius 1 is 1.25 bits per heavy atom. The highest BCUT2D eigenvalue weighted by molar-refractivity contribution is 7.11. The quantitative estimate of drug-likeness (QED) is 0.847. The Hall–Kier alpha value is -0.410. The van der Waals surface area contributed by atoms with Crippen LogP contribution in [0.2, 0.25) is 0 Å². The van der Waals surface area contributed by atoms with Gasteiger partial charge in [0.2, 0.25) is 0 Å². The van der Waals surface area contributed by atoms with Gasteiger partial charge in [0.05, 0.1) is 11.2 Å². The molecule has 1 aromatic rings. The van der Waals surface area contributed by atoms with E-state index in [1.165, 1.54) is 28.4 Å². The molecular formula is C13H24N2S. The van der Waals surface area contributed by atoms with E-state index in [4.69, 9.17) is 0 Å². The maximum atomic E-state index is 4.66. The van der Waals surface area contributed by atoms with Crippen molar-refractivity contribution in [3.63, 3.8) is 0 Å². The van der Waals surface area contributed by atoms with Gasteiger partial charge in [-0.25, -0.2) is 4.98 Å². The Bertz CT molecular complexity index is 318. The van der Waals surface area contributed by atoms with E-state index in [1.807, 2.05) is 11.3 Å². The van der Waals surface area contributed by atoms with E-state index in [0.29, 0.717) is 6.04 Å². The number of aryl methyl sites for hydroxylation is 2. The fourth-order valence-electron chi connectivity index (χ4n) is 1.80. The number of hydrogen-bond acceptors (Lipinski definition) is 3. The first-order valence-electron chi connectivity index (χ1n) is 6.12. The van der Waals surface area contributed by atoms with E-state index in [9.17, 15) is 0 Å². The van der Waals surface area contributed by atoms with Gasteiger partial charge in [-0.05, 0) is 40.5 Å². The molecule has 0 aromatic carbocycles. The van der Waals surface area contributed by atoms with Crippen molar-refractivity contribution in [2.75, 3.05) is 0 Å². The summed E-state index contributed by atoms with van der Waals surface area (Å²) in [5.41, 5.74) is 1.15. The van der Waals surface area contributed by atoms with Crippen molar-refractivity contribution in [3.8, 4) is 0 Å². The van der Waals surface area contributed by atoms with Crippen molar-refractivity contribution in [2.24, 2.45) is 0 Å². The highest BCUT2D eigenvalue weighted by atomic mass is 32.1. The summed E-state index contributed by atoms with van der Waals surface area (Å²) in [6.07, 6.45) is 2.34. The first-order chi connectivity index (χ1) is 7.40. The van der Waals surface area contributed by atoms with Gasteiger partial charge in [-0.1, -0.05) is 13.8 Å². The van der Waals surface area contributed by atoms with Crippen LogP contribution >= 0.6 is 11.3 Å². The van der Waals surface area contributed by atoms with Gasteiger partial charge in [-0.3, -0.25) is 0 Å². The molecule has 0 radical (unpaired) electrons. The SMILES string of the molecule is CCC(CC)NC(C)(C)c1nc(C)c(C)s1. The van der Waals surface area contributed by atoms with Crippen LogP contribution in [0, 0.1) is 13.8 Å². The summed E-state index contributed by atoms with van der Waals surface area (Å²) in [5.74, 6) is 0. The second-order valence-corrected chi connectivity index (χ2v) is 6.15. The zero-order chi connectivity index (χ0) is 12.3. The minimum atomic E-state index is -0.0135. The molecule has 1 rings (SSSR count). The van der Waals surface area contributed by atoms with Crippen LogP contribution in [0.25, 0.3) is 0 Å². The highest BCUT2D eigenvalue weighted by Gasteiger charge is 2.26. The Labute approximate surface area is 103 Å². The van der Waals surface area contributed by atoms with Crippen LogP contribution in [-0.4, -0.2) is 11.0 Å². The molecule has 0 amide bonds. The van der Waals surface area contributed by atoms with Gasteiger partial charge in [0.15, 0.2) is 0 Å². The van der Waals surface area contributed by atoms with E-state index in [1.54, 1.807) is 0 Å². The molecule has 92 valence electrons. The molecule has 1 N–H and O–H groups in total. The largest absolute Gasteiger partial charge is 0.303 e. The molecule has 0 aliphatic heterocycles. The lowest BCUT2D eigenvalue weighted by Gasteiger charge is -2.29. The minimum Gasteiger partial charge on any atom is -0.303 e. The predicted molar refractivity (Wildman–Crippen MR) is 72.1 cm³/mol. The second-order valence-electron chi connectivity index (χ2n) is 4.94. The monoisotopic (exact) mass is 240 g/mol. The van der Waals surface area contributed by atoms with Gasteiger partial charge in [-0.2, -0.15) is 0 Å². The van der Waals surface area contributed by atoms with Crippen molar-refractivity contribution in [1.29, 1.82) is 0 Å². The normalized spacial score (nSPS) is 12.4. The van der Waals surface area contributed by atoms with Crippen molar-refractivity contribution >= 4 is 11.3 Å². The fraction of sp³-hybridized carbons (Fsp3) is 0.769. The molecule has 0 fully saturated rings. The molecule has 1 heterocycles. The lowest BCUT2D eigenvalue weighted by Crippen LogP contribution is -2.43. The standard InChI is InChI=1S/C13H24N2S/c1-7-11(8-2)15-13(5,6)12-14-9(3)10(4)16-12/h11,15H,7-8H2,1-6H3. The van der Waals surface area contributed by atoms with E-state index < -0.39 is 0 Å². The van der Waals surface area contributed by atoms with Crippen LogP contribution in [0.3, 0.4) is 0 Å². The highest BCUT2D eigenvalue weighted by Crippen LogP contribution is 2.28. The van der Waals surface area contributed by atoms with Gasteiger partial charge in [-0.15, -0.1) is 11.3 Å². The average Bonchev–Trinajstić information content (AvgIpc) is 2.56. The molecule has 3 heteroatoms. The summed E-state index contributed by atoms with van der Waals surface area (Å²) in [7, 11) is 0. The number of hydrogen-bond donors (Lipinski definition) is 1. The zero-order valence-corrected chi connectivity index (χ0v) is 12.2. The zero-order valence-electron chi connectivity index (χ0n) is 11.3. The summed E-state index contributed by atoms with van der Waals surface area (Å²) in [4.78, 5) is 5.99. The Balaban J connectivity index is 2.84. The number of aromatic nitrogens is 1. The molecule has 0 bridgehead atoms. The molecule has 0 aliphatic rings. The predicted octanol–water partition coefficient (Wildman–Crippen LogP) is 3.77. The smallest absolute Gasteiger partial charge is 0.113 e. The molecular weight excluding hydrogens is 216 g/mol. The molecule has 2 nitrogen and oxygen atoms in total. The third kappa shape index (κ3) is 3.05. The van der Waals surface area contributed by atoms with Crippen LogP contribution in [0.1, 0.15) is 56.1 Å². The van der Waals surface area contributed by atoms with E-state index >= 15 is 0 Å². The third-order valence-electron chi connectivity index (χ3n) is 3.11. The summed E-state index contributed by atoms with van der Waals surface area (Å²) < 4.78 is 0. The van der Waals surface area contributed by atoms with E-state index in [0.717, 1.165) is 0 Å². The molecule has 16 heavy (non-hydrogen) atoms. The number of nitrogens with one attached hydrogen (secondary N) is 1. The fourth-order valence-corrected chi connectivity index (χ4v) is 2.78. The van der Waals surface area contributed by atoms with Crippen molar-refractivity contribution in [3.05, 3.63) is 15.6 Å². The van der Waals surface area contributed by atoms with Crippen LogP contribution in [0.4, 0.5) is 0 Å². The summed E-state index contributed by atoms with van der Waals surface area (Å²) >= 11 is 1.81. The number of nitrogens with zero attached hydrogens (tertiary/aromatic N) is 1. The van der Waals surface area contributed by atoms with Crippen LogP contribution in [0.5, 0.6) is 0 Å². The van der Waals surface area contributed by atoms with Crippen LogP contribution < -0.4 is 5.32 Å². The lowest BCUT2D eigenvalue weighted by molar-refractivity contribution is 0.326. The minimum absolute atomic E-state index is 0.0135. The first kappa shape index (κ1) is 13.7. The molecule has 0 aliphatic carbocycles. The van der Waals surface area contributed by atoms with Crippen molar-refractivity contribution in [2.45, 2.75) is 66.0 Å². The van der Waals surface area contributed by atoms with Gasteiger partial charge in [0.1, 0.15) is 5.01 Å². The molecule has 1 aromatic heterocycles. The van der Waals surface area contributed by atoms with Crippen LogP contribution in [-0.2, 0) is 5.54 Å². The maximum absolute atomic E-state index is 4.66. The molecule has 0 atom stereocenters. The lowest BCUT2D eigenvalue weighted by atomic mass is 10.0. The van der Waals surface area contributed by atoms with E-state index in [2.05, 4.69) is 51.8 Å². The van der Waals surface area contributed by atoms with Gasteiger partial charge in [0, 0.05) is 10.9 Å². The summed E-state index contributed by atoms with van der Waals surface area (Å²) in [6, 6.07) is 0.583. The van der Waals surface area contributed by atoms with Crippen LogP contribution in [0.15, 0.2) is 0 Å². The van der Waals surface area contributed by atoms with Gasteiger partial charge in [0.25, 0.3) is 0 Å². The van der Waals surface area contributed by atoms with E-state index in [-0.39, 0.29) is 5.54 Å². The number of rotatable bonds is 5. The van der Waals surface area contributed by atoms with Crippen molar-refractivity contribution < 1.29 is 0 Å². The first-order valence-corrected chi connectivity index (χ1v) is 6.94.